The molecule has 0 bridgehead atoms. The van der Waals surface area contributed by atoms with E-state index >= 15 is 4.39 Å². The van der Waals surface area contributed by atoms with Gasteiger partial charge in [-0.1, -0.05) is 12.1 Å². The molecule has 38 heavy (non-hydrogen) atoms. The van der Waals surface area contributed by atoms with Crippen LogP contribution in [0, 0.1) is 23.0 Å². The monoisotopic (exact) mass is 535 g/mol. The number of aliphatic hydroxyl groups excluding tert-OH is 1. The molecule has 1 aliphatic heterocycles. The number of hydrogen-bond donors (Lipinski definition) is 3. The third kappa shape index (κ3) is 7.14. The number of β-amino-alcohol motifs (C(OH)–C–C–N with tert-alkyl or cyclic N) is 1. The molecule has 2 aromatic rings. The Hall–Kier alpha value is -3.82. The molecule has 0 unspecified atom stereocenters. The van der Waals surface area contributed by atoms with Crippen LogP contribution in [0.4, 0.5) is 27.6 Å². The molecule has 1 heterocycles. The van der Waals surface area contributed by atoms with Crippen LogP contribution in [0.2, 0.25) is 0 Å². The van der Waals surface area contributed by atoms with Crippen molar-refractivity contribution in [2.45, 2.75) is 31.5 Å². The minimum Gasteiger partial charge on any atom is -0.404 e. The first-order valence-electron chi connectivity index (χ1n) is 11.7. The Morgan fingerprint density at radius 2 is 1.97 bits per heavy atom. The summed E-state index contributed by atoms with van der Waals surface area (Å²) in [5.41, 5.74) is 3.44. The molecule has 1 fully saturated rings. The second kappa shape index (κ2) is 12.6. The predicted molar refractivity (Wildman–Crippen MR) is 132 cm³/mol. The van der Waals surface area contributed by atoms with Gasteiger partial charge >= 0.3 is 6.18 Å². The number of benzene rings is 2. The van der Waals surface area contributed by atoms with Crippen molar-refractivity contribution in [2.24, 2.45) is 10.7 Å². The molecule has 7 nitrogen and oxygen atoms in total. The first-order chi connectivity index (χ1) is 18.1. The lowest BCUT2D eigenvalue weighted by Gasteiger charge is -2.29. The number of nitrogens with one attached hydrogen (secondary N) is 1. The predicted octanol–water partition coefficient (Wildman–Crippen LogP) is 3.86. The van der Waals surface area contributed by atoms with Crippen molar-refractivity contribution in [3.05, 3.63) is 70.4 Å². The van der Waals surface area contributed by atoms with E-state index in [9.17, 15) is 27.6 Å². The van der Waals surface area contributed by atoms with Gasteiger partial charge in [-0.25, -0.2) is 8.78 Å². The number of hydrogen-bond acceptors (Lipinski definition) is 6. The lowest BCUT2D eigenvalue weighted by molar-refractivity contribution is -0.140. The molecule has 1 amide bonds. The summed E-state index contributed by atoms with van der Waals surface area (Å²) in [6.07, 6.45) is -1.69. The Morgan fingerprint density at radius 1 is 1.26 bits per heavy atom. The summed E-state index contributed by atoms with van der Waals surface area (Å²) in [6, 6.07) is 6.51. The maximum Gasteiger partial charge on any atom is 0.419 e. The smallest absolute Gasteiger partial charge is 0.404 e. The number of nitrogens with two attached hydrogens (primary N) is 1. The van der Waals surface area contributed by atoms with Gasteiger partial charge in [-0.05, 0) is 36.6 Å². The second-order valence-corrected chi connectivity index (χ2v) is 8.69. The largest absolute Gasteiger partial charge is 0.419 e. The maximum absolute atomic E-state index is 15.1. The van der Waals surface area contributed by atoms with Gasteiger partial charge in [0.25, 0.3) is 0 Å². The lowest BCUT2D eigenvalue weighted by Crippen LogP contribution is -2.37. The molecule has 1 saturated heterocycles. The molecule has 0 aliphatic carbocycles. The Bertz CT molecular complexity index is 1260. The van der Waals surface area contributed by atoms with E-state index in [1.807, 2.05) is 6.07 Å². The number of aliphatic hydroxyl groups is 1. The molecule has 3 rings (SSSR count). The normalized spacial score (nSPS) is 15.6. The van der Waals surface area contributed by atoms with E-state index in [1.54, 1.807) is 0 Å². The van der Waals surface area contributed by atoms with Gasteiger partial charge in [0.15, 0.2) is 0 Å². The number of alkyl halides is 3. The van der Waals surface area contributed by atoms with E-state index in [1.165, 1.54) is 12.3 Å². The molecule has 12 heteroatoms. The van der Waals surface area contributed by atoms with E-state index < -0.39 is 41.3 Å². The SMILES string of the molecule is N#Cc1cc(NC(=O)Cc2cccc(C(F)(F)F)c2F)cc(F)c1/C(C=NC1CCN(CCO)CC1)=C/N. The van der Waals surface area contributed by atoms with Crippen LogP contribution >= 0.6 is 0 Å². The number of allylic oxidation sites excluding steroid dienone is 1. The molecule has 202 valence electrons. The number of rotatable bonds is 8. The number of amides is 1. The fraction of sp³-hybridized carbons (Fsp3) is 0.346. The molecule has 0 atom stereocenters. The number of piperidine rings is 1. The summed E-state index contributed by atoms with van der Waals surface area (Å²) in [6.45, 7) is 2.16. The van der Waals surface area contributed by atoms with Gasteiger partial charge in [0.2, 0.25) is 5.91 Å². The zero-order valence-corrected chi connectivity index (χ0v) is 20.2. The van der Waals surface area contributed by atoms with Crippen LogP contribution in [-0.2, 0) is 17.4 Å². The van der Waals surface area contributed by atoms with E-state index in [2.05, 4.69) is 15.2 Å². The zero-order chi connectivity index (χ0) is 27.9. The number of aliphatic imine (C=N–C) groups is 1. The third-order valence-corrected chi connectivity index (χ3v) is 6.10. The summed E-state index contributed by atoms with van der Waals surface area (Å²) in [4.78, 5) is 19.0. The van der Waals surface area contributed by atoms with Crippen LogP contribution in [0.5, 0.6) is 0 Å². The molecule has 1 aliphatic rings. The average molecular weight is 536 g/mol. The highest BCUT2D eigenvalue weighted by molar-refractivity contribution is 6.11. The van der Waals surface area contributed by atoms with Gasteiger partial charge < -0.3 is 21.1 Å². The number of carbonyl (C=O) groups is 1. The molecule has 0 aromatic heterocycles. The van der Waals surface area contributed by atoms with Crippen molar-refractivity contribution >= 4 is 23.4 Å². The topological polar surface area (TPSA) is 115 Å². The minimum atomic E-state index is -4.92. The van der Waals surface area contributed by atoms with Crippen molar-refractivity contribution in [3.8, 4) is 6.07 Å². The number of nitriles is 1. The molecule has 2 aromatic carbocycles. The van der Waals surface area contributed by atoms with E-state index in [0.29, 0.717) is 12.6 Å². The molecular weight excluding hydrogens is 509 g/mol. The van der Waals surface area contributed by atoms with Gasteiger partial charge in [0, 0.05) is 48.9 Å². The van der Waals surface area contributed by atoms with Crippen LogP contribution in [0.25, 0.3) is 5.57 Å². The molecule has 0 saturated carbocycles. The van der Waals surface area contributed by atoms with E-state index in [4.69, 9.17) is 10.8 Å². The molecule has 4 N–H and O–H groups in total. The number of anilines is 1. The summed E-state index contributed by atoms with van der Waals surface area (Å²) in [5, 5.41) is 20.9. The van der Waals surface area contributed by atoms with Crippen molar-refractivity contribution in [3.63, 3.8) is 0 Å². The van der Waals surface area contributed by atoms with Crippen molar-refractivity contribution < 1.29 is 31.9 Å². The third-order valence-electron chi connectivity index (χ3n) is 6.10. The van der Waals surface area contributed by atoms with Crippen LogP contribution in [0.15, 0.2) is 41.5 Å². The summed E-state index contributed by atoms with van der Waals surface area (Å²) < 4.78 is 68.1. The van der Waals surface area contributed by atoms with Gasteiger partial charge in [0.05, 0.1) is 36.3 Å². The number of halogens is 5. The van der Waals surface area contributed by atoms with Crippen LogP contribution in [-0.4, -0.2) is 54.4 Å². The first kappa shape index (κ1) is 28.7. The summed E-state index contributed by atoms with van der Waals surface area (Å²) in [5.74, 6) is -3.35. The van der Waals surface area contributed by atoms with Crippen LogP contribution in [0.3, 0.4) is 0 Å². The van der Waals surface area contributed by atoms with Gasteiger partial charge in [-0.15, -0.1) is 0 Å². The second-order valence-electron chi connectivity index (χ2n) is 8.69. The Morgan fingerprint density at radius 3 is 2.58 bits per heavy atom. The summed E-state index contributed by atoms with van der Waals surface area (Å²) in [7, 11) is 0. The van der Waals surface area contributed by atoms with E-state index in [-0.39, 0.29) is 35.0 Å². The highest BCUT2D eigenvalue weighted by Gasteiger charge is 2.35. The lowest BCUT2D eigenvalue weighted by atomic mass is 9.99. The highest BCUT2D eigenvalue weighted by atomic mass is 19.4. The maximum atomic E-state index is 15.1. The first-order valence-corrected chi connectivity index (χ1v) is 11.7. The van der Waals surface area contributed by atoms with Crippen molar-refractivity contribution in [1.82, 2.24) is 4.90 Å². The Labute approximate surface area is 216 Å². The Balaban J connectivity index is 1.74. The fourth-order valence-corrected chi connectivity index (χ4v) is 4.18. The summed E-state index contributed by atoms with van der Waals surface area (Å²) >= 11 is 0. The number of nitrogens with zero attached hydrogens (tertiary/aromatic N) is 3. The van der Waals surface area contributed by atoms with Gasteiger partial charge in [-0.2, -0.15) is 18.4 Å². The standard InChI is InChI=1S/C26H26F5N5O2/c27-22-12-20(35-23(38)11-16-2-1-3-21(25(16)28)26(29,30)31)10-17(13-32)24(22)18(14-33)15-34-19-4-6-36(7-5-19)8-9-37/h1-3,10,12,14-15,19,37H,4-9,11,33H2,(H,35,38)/b18-14+,34-15?. The number of likely N-dealkylation sites (tertiary alicyclic amines) is 1. The quantitative estimate of drug-likeness (QED) is 0.351. The average Bonchev–Trinajstić information content (AvgIpc) is 2.86. The van der Waals surface area contributed by atoms with E-state index in [0.717, 1.165) is 50.3 Å². The van der Waals surface area contributed by atoms with Crippen LogP contribution < -0.4 is 11.1 Å². The van der Waals surface area contributed by atoms with Crippen molar-refractivity contribution in [2.75, 3.05) is 31.6 Å². The van der Waals surface area contributed by atoms with Gasteiger partial charge in [0.1, 0.15) is 11.6 Å². The molecule has 0 radical (unpaired) electrons. The van der Waals surface area contributed by atoms with Gasteiger partial charge in [-0.3, -0.25) is 9.79 Å². The highest BCUT2D eigenvalue weighted by Crippen LogP contribution is 2.32. The minimum absolute atomic E-state index is 0.0386. The Kier molecular flexibility index (Phi) is 9.55. The number of carbonyl (C=O) groups excluding carboxylic acids is 1. The van der Waals surface area contributed by atoms with Crippen LogP contribution in [0.1, 0.15) is 35.1 Å². The zero-order valence-electron chi connectivity index (χ0n) is 20.2. The fourth-order valence-electron chi connectivity index (χ4n) is 4.18. The van der Waals surface area contributed by atoms with Crippen molar-refractivity contribution in [1.29, 1.82) is 5.26 Å². The molecular formula is C26H26F5N5O2. The molecule has 0 spiro atoms.